The number of carbonyl (C=O) groups is 1. The average Bonchev–Trinajstić information content (AvgIpc) is 2.58. The van der Waals surface area contributed by atoms with Crippen LogP contribution in [0.5, 0.6) is 0 Å². The van der Waals surface area contributed by atoms with E-state index in [0.717, 1.165) is 24.2 Å². The van der Waals surface area contributed by atoms with Crippen LogP contribution in [0.2, 0.25) is 0 Å². The number of carbonyl (C=O) groups excluding carboxylic acids is 1. The fourth-order valence-electron chi connectivity index (χ4n) is 2.63. The second-order valence-corrected chi connectivity index (χ2v) is 5.86. The lowest BCUT2D eigenvalue weighted by molar-refractivity contribution is -0.120. The first-order chi connectivity index (χ1) is 11.1. The van der Waals surface area contributed by atoms with E-state index in [1.165, 1.54) is 5.56 Å². The minimum Gasteiger partial charge on any atom is -0.379 e. The summed E-state index contributed by atoms with van der Waals surface area (Å²) in [5.74, 6) is 0.194. The molecule has 2 rings (SSSR count). The molecule has 0 aliphatic rings. The summed E-state index contributed by atoms with van der Waals surface area (Å²) >= 11 is 0. The number of hydrogen-bond acceptors (Lipinski definition) is 2. The van der Waals surface area contributed by atoms with E-state index < -0.39 is 0 Å². The van der Waals surface area contributed by atoms with E-state index in [-0.39, 0.29) is 17.9 Å². The number of hydrogen-bond donors (Lipinski definition) is 2. The van der Waals surface area contributed by atoms with Crippen LogP contribution in [0.3, 0.4) is 0 Å². The van der Waals surface area contributed by atoms with Crippen LogP contribution in [0.4, 0.5) is 11.4 Å². The van der Waals surface area contributed by atoms with Crippen molar-refractivity contribution >= 4 is 17.3 Å². The average molecular weight is 310 g/mol. The van der Waals surface area contributed by atoms with Crippen molar-refractivity contribution in [1.82, 2.24) is 0 Å². The zero-order chi connectivity index (χ0) is 16.7. The van der Waals surface area contributed by atoms with E-state index in [0.29, 0.717) is 0 Å². The Labute approximate surface area is 139 Å². The Morgan fingerprint density at radius 3 is 2.04 bits per heavy atom. The van der Waals surface area contributed by atoms with Gasteiger partial charge >= 0.3 is 0 Å². The van der Waals surface area contributed by atoms with Crippen LogP contribution in [0.25, 0.3) is 0 Å². The Hall–Kier alpha value is -2.29. The van der Waals surface area contributed by atoms with Gasteiger partial charge in [0.25, 0.3) is 0 Å². The van der Waals surface area contributed by atoms with Gasteiger partial charge < -0.3 is 10.6 Å². The Balaban J connectivity index is 1.96. The summed E-state index contributed by atoms with van der Waals surface area (Å²) in [5, 5.41) is 6.46. The summed E-state index contributed by atoms with van der Waals surface area (Å²) in [7, 11) is 0. The van der Waals surface area contributed by atoms with Crippen molar-refractivity contribution in [3.05, 3.63) is 60.2 Å². The van der Waals surface area contributed by atoms with Crippen molar-refractivity contribution in [3.63, 3.8) is 0 Å². The minimum atomic E-state index is 0.0888. The molecule has 0 heterocycles. The molecule has 1 unspecified atom stereocenters. The van der Waals surface area contributed by atoms with Crippen molar-refractivity contribution in [2.75, 3.05) is 10.6 Å². The summed E-state index contributed by atoms with van der Waals surface area (Å²) in [5.41, 5.74) is 3.14. The van der Waals surface area contributed by atoms with Gasteiger partial charge in [-0.25, -0.2) is 0 Å². The lowest BCUT2D eigenvalue weighted by Crippen LogP contribution is -2.21. The van der Waals surface area contributed by atoms with Crippen LogP contribution >= 0.6 is 0 Å². The van der Waals surface area contributed by atoms with E-state index in [4.69, 9.17) is 0 Å². The standard InChI is InChI=1S/C20H26N2O/c1-4-16(5-2)20(23)22-19-13-11-18(12-14-19)21-15(3)17-9-7-6-8-10-17/h6-16,21H,4-5H2,1-3H3,(H,22,23). The van der Waals surface area contributed by atoms with Crippen LogP contribution in [0, 0.1) is 5.92 Å². The zero-order valence-corrected chi connectivity index (χ0v) is 14.2. The SMILES string of the molecule is CCC(CC)C(=O)Nc1ccc(NC(C)c2ccccc2)cc1. The lowest BCUT2D eigenvalue weighted by Gasteiger charge is -2.17. The highest BCUT2D eigenvalue weighted by atomic mass is 16.1. The number of amides is 1. The number of nitrogens with one attached hydrogen (secondary N) is 2. The van der Waals surface area contributed by atoms with Crippen LogP contribution in [0.15, 0.2) is 54.6 Å². The second kappa shape index (κ2) is 8.37. The molecule has 0 bridgehead atoms. The molecule has 0 radical (unpaired) electrons. The van der Waals surface area contributed by atoms with Gasteiger partial charge in [0.15, 0.2) is 0 Å². The minimum absolute atomic E-state index is 0.0888. The van der Waals surface area contributed by atoms with Gasteiger partial charge in [0.05, 0.1) is 0 Å². The monoisotopic (exact) mass is 310 g/mol. The third-order valence-corrected chi connectivity index (χ3v) is 4.19. The van der Waals surface area contributed by atoms with Gasteiger partial charge in [-0.3, -0.25) is 4.79 Å². The molecule has 1 amide bonds. The molecule has 0 aliphatic heterocycles. The fraction of sp³-hybridized carbons (Fsp3) is 0.350. The van der Waals surface area contributed by atoms with Crippen molar-refractivity contribution in [1.29, 1.82) is 0 Å². The van der Waals surface area contributed by atoms with Gasteiger partial charge in [-0.2, -0.15) is 0 Å². The second-order valence-electron chi connectivity index (χ2n) is 5.86. The van der Waals surface area contributed by atoms with Crippen molar-refractivity contribution in [3.8, 4) is 0 Å². The van der Waals surface area contributed by atoms with Gasteiger partial charge in [-0.05, 0) is 49.6 Å². The first-order valence-electron chi connectivity index (χ1n) is 8.36. The molecule has 0 aromatic heterocycles. The summed E-state index contributed by atoms with van der Waals surface area (Å²) < 4.78 is 0. The summed E-state index contributed by atoms with van der Waals surface area (Å²) in [6, 6.07) is 18.5. The molecule has 2 N–H and O–H groups in total. The first-order valence-corrected chi connectivity index (χ1v) is 8.36. The maximum absolute atomic E-state index is 12.1. The molecule has 23 heavy (non-hydrogen) atoms. The highest BCUT2D eigenvalue weighted by Crippen LogP contribution is 2.21. The number of benzene rings is 2. The molecule has 2 aromatic rings. The normalized spacial score (nSPS) is 12.0. The van der Waals surface area contributed by atoms with Crippen molar-refractivity contribution in [2.45, 2.75) is 39.7 Å². The number of rotatable bonds is 7. The molecule has 3 heteroatoms. The molecule has 2 aromatic carbocycles. The van der Waals surface area contributed by atoms with Gasteiger partial charge in [0.2, 0.25) is 5.91 Å². The molecule has 0 aliphatic carbocycles. The predicted molar refractivity (Wildman–Crippen MR) is 97.6 cm³/mol. The molecule has 0 fully saturated rings. The van der Waals surface area contributed by atoms with Gasteiger partial charge in [-0.1, -0.05) is 44.2 Å². The fourth-order valence-corrected chi connectivity index (χ4v) is 2.63. The third kappa shape index (κ3) is 4.85. The zero-order valence-electron chi connectivity index (χ0n) is 14.2. The largest absolute Gasteiger partial charge is 0.379 e. The van der Waals surface area contributed by atoms with Crippen molar-refractivity contribution < 1.29 is 4.79 Å². The smallest absolute Gasteiger partial charge is 0.227 e. The molecule has 122 valence electrons. The molecular weight excluding hydrogens is 284 g/mol. The first kappa shape index (κ1) is 17.1. The molecule has 1 atom stereocenters. The Morgan fingerprint density at radius 1 is 0.913 bits per heavy atom. The molecule has 3 nitrogen and oxygen atoms in total. The molecule has 0 saturated heterocycles. The van der Waals surface area contributed by atoms with E-state index in [2.05, 4.69) is 29.7 Å². The Kier molecular flexibility index (Phi) is 6.21. The Bertz CT molecular complexity index is 603. The third-order valence-electron chi connectivity index (χ3n) is 4.19. The predicted octanol–water partition coefficient (Wildman–Crippen LogP) is 5.23. The van der Waals surface area contributed by atoms with Crippen LogP contribution < -0.4 is 10.6 Å². The van der Waals surface area contributed by atoms with E-state index >= 15 is 0 Å². The summed E-state index contributed by atoms with van der Waals surface area (Å²) in [4.78, 5) is 12.1. The van der Waals surface area contributed by atoms with Gasteiger partial charge in [0.1, 0.15) is 0 Å². The molecule has 0 spiro atoms. The topological polar surface area (TPSA) is 41.1 Å². The van der Waals surface area contributed by atoms with Crippen LogP contribution in [-0.4, -0.2) is 5.91 Å². The highest BCUT2D eigenvalue weighted by molar-refractivity contribution is 5.92. The van der Waals surface area contributed by atoms with E-state index in [9.17, 15) is 4.79 Å². The molecule has 0 saturated carbocycles. The van der Waals surface area contributed by atoms with E-state index in [1.807, 2.05) is 56.3 Å². The van der Waals surface area contributed by atoms with Crippen molar-refractivity contribution in [2.24, 2.45) is 5.92 Å². The molecular formula is C20H26N2O. The lowest BCUT2D eigenvalue weighted by atomic mass is 10.0. The maximum atomic E-state index is 12.1. The van der Waals surface area contributed by atoms with Crippen LogP contribution in [0.1, 0.15) is 45.2 Å². The van der Waals surface area contributed by atoms with Crippen LogP contribution in [-0.2, 0) is 4.79 Å². The van der Waals surface area contributed by atoms with E-state index in [1.54, 1.807) is 0 Å². The van der Waals surface area contributed by atoms with Gasteiger partial charge in [-0.15, -0.1) is 0 Å². The summed E-state index contributed by atoms with van der Waals surface area (Å²) in [6.45, 7) is 6.23. The Morgan fingerprint density at radius 2 is 1.48 bits per heavy atom. The quantitative estimate of drug-likeness (QED) is 0.734. The highest BCUT2D eigenvalue weighted by Gasteiger charge is 2.14. The number of anilines is 2. The van der Waals surface area contributed by atoms with Gasteiger partial charge in [0, 0.05) is 23.3 Å². The summed E-state index contributed by atoms with van der Waals surface area (Å²) in [6.07, 6.45) is 1.74. The maximum Gasteiger partial charge on any atom is 0.227 e.